The second-order valence-corrected chi connectivity index (χ2v) is 5.72. The van der Waals surface area contributed by atoms with Crippen LogP contribution >= 0.6 is 0 Å². The molecule has 4 atom stereocenters. The molecule has 1 fully saturated rings. The zero-order valence-electron chi connectivity index (χ0n) is 11.4. The highest BCUT2D eigenvalue weighted by Crippen LogP contribution is 2.34. The lowest BCUT2D eigenvalue weighted by atomic mass is 9.74. The molecule has 1 aliphatic rings. The van der Waals surface area contributed by atoms with E-state index in [2.05, 4.69) is 20.8 Å². The Balaban J connectivity index is 2.54. The molecule has 2 N–H and O–H groups in total. The number of rotatable bonds is 5. The van der Waals surface area contributed by atoms with Gasteiger partial charge in [0.15, 0.2) is 0 Å². The first-order valence-electron chi connectivity index (χ1n) is 6.88. The Kier molecular flexibility index (Phi) is 5.77. The van der Waals surface area contributed by atoms with Crippen LogP contribution in [-0.4, -0.2) is 19.3 Å². The summed E-state index contributed by atoms with van der Waals surface area (Å²) < 4.78 is 5.57. The summed E-state index contributed by atoms with van der Waals surface area (Å²) in [7, 11) is 1.80. The van der Waals surface area contributed by atoms with Crippen LogP contribution in [0.2, 0.25) is 0 Å². The largest absolute Gasteiger partial charge is 0.380 e. The molecule has 0 amide bonds. The van der Waals surface area contributed by atoms with Crippen molar-refractivity contribution in [3.05, 3.63) is 0 Å². The first-order valence-corrected chi connectivity index (χ1v) is 6.88. The van der Waals surface area contributed by atoms with E-state index in [0.29, 0.717) is 11.8 Å². The van der Waals surface area contributed by atoms with Gasteiger partial charge in [-0.3, -0.25) is 0 Å². The number of hydrogen-bond donors (Lipinski definition) is 1. The van der Waals surface area contributed by atoms with Crippen LogP contribution in [0.3, 0.4) is 0 Å². The Labute approximate surface area is 101 Å². The van der Waals surface area contributed by atoms with Gasteiger partial charge in [-0.15, -0.1) is 0 Å². The Morgan fingerprint density at radius 2 is 2.00 bits per heavy atom. The molecular weight excluding hydrogens is 198 g/mol. The van der Waals surface area contributed by atoms with Gasteiger partial charge in [0.1, 0.15) is 0 Å². The van der Waals surface area contributed by atoms with Gasteiger partial charge < -0.3 is 10.5 Å². The molecule has 2 heteroatoms. The molecule has 0 saturated heterocycles. The monoisotopic (exact) mass is 227 g/mol. The molecule has 0 aromatic carbocycles. The van der Waals surface area contributed by atoms with Crippen molar-refractivity contribution in [3.63, 3.8) is 0 Å². The minimum atomic E-state index is 0.222. The Hall–Kier alpha value is -0.0800. The van der Waals surface area contributed by atoms with E-state index in [4.69, 9.17) is 10.5 Å². The van der Waals surface area contributed by atoms with Gasteiger partial charge in [0.05, 0.1) is 6.10 Å². The van der Waals surface area contributed by atoms with Crippen molar-refractivity contribution in [2.75, 3.05) is 7.11 Å². The van der Waals surface area contributed by atoms with E-state index >= 15 is 0 Å². The fraction of sp³-hybridized carbons (Fsp3) is 1.00. The summed E-state index contributed by atoms with van der Waals surface area (Å²) in [6.45, 7) is 6.71. The molecule has 16 heavy (non-hydrogen) atoms. The van der Waals surface area contributed by atoms with Crippen LogP contribution in [0.25, 0.3) is 0 Å². The molecule has 0 spiro atoms. The van der Waals surface area contributed by atoms with E-state index < -0.39 is 0 Å². The highest BCUT2D eigenvalue weighted by Gasteiger charge is 2.31. The second-order valence-electron chi connectivity index (χ2n) is 5.72. The quantitative estimate of drug-likeness (QED) is 0.783. The molecule has 0 heterocycles. The Morgan fingerprint density at radius 1 is 1.31 bits per heavy atom. The van der Waals surface area contributed by atoms with Crippen LogP contribution in [0.5, 0.6) is 0 Å². The summed E-state index contributed by atoms with van der Waals surface area (Å²) in [6.07, 6.45) is 6.89. The van der Waals surface area contributed by atoms with Gasteiger partial charge in [0.2, 0.25) is 0 Å². The third kappa shape index (κ3) is 3.46. The molecule has 96 valence electrons. The predicted molar refractivity (Wildman–Crippen MR) is 69.3 cm³/mol. The minimum absolute atomic E-state index is 0.222. The van der Waals surface area contributed by atoms with E-state index in [1.54, 1.807) is 7.11 Å². The van der Waals surface area contributed by atoms with Crippen molar-refractivity contribution in [2.24, 2.45) is 23.5 Å². The van der Waals surface area contributed by atoms with Crippen LogP contribution in [0, 0.1) is 17.8 Å². The normalized spacial score (nSPS) is 30.4. The van der Waals surface area contributed by atoms with Crippen LogP contribution in [0.15, 0.2) is 0 Å². The maximum Gasteiger partial charge on any atom is 0.0747 e. The standard InChI is InChI=1S/C14H29NO/c1-5-11-7-6-8-12(9-11)13(15)14(16-4)10(2)3/h10-14H,5-9,15H2,1-4H3. The van der Waals surface area contributed by atoms with Crippen molar-refractivity contribution in [2.45, 2.75) is 65.0 Å². The highest BCUT2D eigenvalue weighted by atomic mass is 16.5. The van der Waals surface area contributed by atoms with Crippen LogP contribution in [0.4, 0.5) is 0 Å². The van der Waals surface area contributed by atoms with Crippen LogP contribution < -0.4 is 5.73 Å². The summed E-state index contributed by atoms with van der Waals surface area (Å²) in [6, 6.07) is 0.222. The van der Waals surface area contributed by atoms with Gasteiger partial charge in [0.25, 0.3) is 0 Å². The fourth-order valence-electron chi connectivity index (χ4n) is 3.19. The summed E-state index contributed by atoms with van der Waals surface area (Å²) >= 11 is 0. The fourth-order valence-corrected chi connectivity index (χ4v) is 3.19. The SMILES string of the molecule is CCC1CCCC(C(N)C(OC)C(C)C)C1. The van der Waals surface area contributed by atoms with Crippen molar-refractivity contribution < 1.29 is 4.74 Å². The van der Waals surface area contributed by atoms with Crippen LogP contribution in [-0.2, 0) is 4.74 Å². The number of ether oxygens (including phenoxy) is 1. The average molecular weight is 227 g/mol. The molecule has 1 rings (SSSR count). The van der Waals surface area contributed by atoms with Crippen LogP contribution in [0.1, 0.15) is 52.9 Å². The molecule has 0 radical (unpaired) electrons. The topological polar surface area (TPSA) is 35.2 Å². The van der Waals surface area contributed by atoms with Crippen molar-refractivity contribution in [1.82, 2.24) is 0 Å². The second kappa shape index (κ2) is 6.61. The van der Waals surface area contributed by atoms with Gasteiger partial charge in [-0.25, -0.2) is 0 Å². The third-order valence-corrected chi connectivity index (χ3v) is 4.25. The molecule has 0 aliphatic heterocycles. The molecule has 2 nitrogen and oxygen atoms in total. The first-order chi connectivity index (χ1) is 7.60. The Bertz CT molecular complexity index is 193. The summed E-state index contributed by atoms with van der Waals surface area (Å²) in [5.74, 6) is 2.09. The molecule has 4 unspecified atom stereocenters. The van der Waals surface area contributed by atoms with E-state index in [1.165, 1.54) is 32.1 Å². The maximum absolute atomic E-state index is 6.40. The van der Waals surface area contributed by atoms with E-state index in [1.807, 2.05) is 0 Å². The predicted octanol–water partition coefficient (Wildman–Crippen LogP) is 3.20. The third-order valence-electron chi connectivity index (χ3n) is 4.25. The lowest BCUT2D eigenvalue weighted by molar-refractivity contribution is 0.0172. The van der Waals surface area contributed by atoms with Crippen molar-refractivity contribution >= 4 is 0 Å². The average Bonchev–Trinajstić information content (AvgIpc) is 2.29. The minimum Gasteiger partial charge on any atom is -0.380 e. The molecule has 0 bridgehead atoms. The number of hydrogen-bond acceptors (Lipinski definition) is 2. The number of nitrogens with two attached hydrogens (primary N) is 1. The lowest BCUT2D eigenvalue weighted by Gasteiger charge is -2.37. The highest BCUT2D eigenvalue weighted by molar-refractivity contribution is 4.86. The van der Waals surface area contributed by atoms with Gasteiger partial charge in [-0.05, 0) is 30.6 Å². The molecule has 0 aromatic heterocycles. The lowest BCUT2D eigenvalue weighted by Crippen LogP contribution is -2.46. The zero-order chi connectivity index (χ0) is 12.1. The summed E-state index contributed by atoms with van der Waals surface area (Å²) in [5, 5.41) is 0. The molecule has 1 saturated carbocycles. The van der Waals surface area contributed by atoms with E-state index in [9.17, 15) is 0 Å². The zero-order valence-corrected chi connectivity index (χ0v) is 11.4. The van der Waals surface area contributed by atoms with Crippen molar-refractivity contribution in [3.8, 4) is 0 Å². The summed E-state index contributed by atoms with van der Waals surface area (Å²) in [4.78, 5) is 0. The van der Waals surface area contributed by atoms with Gasteiger partial charge in [-0.1, -0.05) is 40.0 Å². The van der Waals surface area contributed by atoms with E-state index in [-0.39, 0.29) is 12.1 Å². The van der Waals surface area contributed by atoms with Gasteiger partial charge >= 0.3 is 0 Å². The smallest absolute Gasteiger partial charge is 0.0747 e. The first kappa shape index (κ1) is 14.0. The van der Waals surface area contributed by atoms with E-state index in [0.717, 1.165) is 5.92 Å². The van der Waals surface area contributed by atoms with Gasteiger partial charge in [0, 0.05) is 13.2 Å². The molecule has 0 aromatic rings. The number of methoxy groups -OCH3 is 1. The molecular formula is C14H29NO. The van der Waals surface area contributed by atoms with Gasteiger partial charge in [-0.2, -0.15) is 0 Å². The Morgan fingerprint density at radius 3 is 2.50 bits per heavy atom. The summed E-state index contributed by atoms with van der Waals surface area (Å²) in [5.41, 5.74) is 6.40. The van der Waals surface area contributed by atoms with Crippen molar-refractivity contribution in [1.29, 1.82) is 0 Å². The molecule has 1 aliphatic carbocycles. The maximum atomic E-state index is 6.40.